The Bertz CT molecular complexity index is 641. The van der Waals surface area contributed by atoms with E-state index in [0.29, 0.717) is 12.2 Å². The minimum atomic E-state index is -1.02. The number of aromatic nitrogens is 1. The van der Waals surface area contributed by atoms with Gasteiger partial charge < -0.3 is 14.6 Å². The molecule has 1 aliphatic rings. The molecule has 0 aliphatic heterocycles. The highest BCUT2D eigenvalue weighted by atomic mass is 16.5. The molecular weight excluding hydrogens is 254 g/mol. The zero-order valence-corrected chi connectivity index (χ0v) is 11.6. The summed E-state index contributed by atoms with van der Waals surface area (Å²) >= 11 is 0. The van der Waals surface area contributed by atoms with E-state index < -0.39 is 5.60 Å². The van der Waals surface area contributed by atoms with Crippen LogP contribution >= 0.6 is 0 Å². The molecule has 0 spiro atoms. The smallest absolute Gasteiger partial charge is 0.137 e. The second-order valence-electron chi connectivity index (χ2n) is 5.00. The molecule has 3 rings (SSSR count). The maximum atomic E-state index is 11.1. The van der Waals surface area contributed by atoms with Crippen LogP contribution in [0.1, 0.15) is 23.1 Å². The van der Waals surface area contributed by atoms with E-state index in [4.69, 9.17) is 9.47 Å². The summed E-state index contributed by atoms with van der Waals surface area (Å²) in [5, 5.41) is 11.1. The molecule has 4 nitrogen and oxygen atoms in total. The van der Waals surface area contributed by atoms with Gasteiger partial charge in [0.25, 0.3) is 0 Å². The van der Waals surface area contributed by atoms with Crippen LogP contribution in [0, 0.1) is 0 Å². The molecule has 1 aromatic heterocycles. The van der Waals surface area contributed by atoms with Gasteiger partial charge in [-0.3, -0.25) is 4.98 Å². The number of benzene rings is 1. The first-order chi connectivity index (χ1) is 9.67. The standard InChI is InChI=1S/C16H17NO3/c1-19-13-4-3-11-5-6-16(18,15(11)8-13)12-7-14(20-2)10-17-9-12/h3-4,7-10,18H,5-6H2,1-2H3. The molecule has 0 fully saturated rings. The zero-order chi connectivity index (χ0) is 14.2. The van der Waals surface area contributed by atoms with Gasteiger partial charge in [-0.2, -0.15) is 0 Å². The first kappa shape index (κ1) is 12.9. The average Bonchev–Trinajstić information content (AvgIpc) is 2.85. The molecule has 0 saturated carbocycles. The third-order valence-electron chi connectivity index (χ3n) is 3.95. The van der Waals surface area contributed by atoms with Crippen molar-refractivity contribution in [2.75, 3.05) is 14.2 Å². The summed E-state index contributed by atoms with van der Waals surface area (Å²) in [6.07, 6.45) is 4.81. The van der Waals surface area contributed by atoms with Crippen molar-refractivity contribution in [2.45, 2.75) is 18.4 Å². The summed E-state index contributed by atoms with van der Waals surface area (Å²) in [6, 6.07) is 7.68. The van der Waals surface area contributed by atoms with Crippen molar-refractivity contribution in [2.24, 2.45) is 0 Å². The Morgan fingerprint density at radius 2 is 1.90 bits per heavy atom. The largest absolute Gasteiger partial charge is 0.497 e. The van der Waals surface area contributed by atoms with Gasteiger partial charge >= 0.3 is 0 Å². The quantitative estimate of drug-likeness (QED) is 0.930. The van der Waals surface area contributed by atoms with E-state index in [0.717, 1.165) is 28.9 Å². The van der Waals surface area contributed by atoms with Crippen LogP contribution < -0.4 is 9.47 Å². The highest BCUT2D eigenvalue weighted by Gasteiger charge is 2.39. The third kappa shape index (κ3) is 1.93. The number of methoxy groups -OCH3 is 2. The van der Waals surface area contributed by atoms with Crippen LogP contribution in [-0.4, -0.2) is 24.3 Å². The van der Waals surface area contributed by atoms with Crippen LogP contribution in [0.15, 0.2) is 36.7 Å². The summed E-state index contributed by atoms with van der Waals surface area (Å²) in [5.41, 5.74) is 1.78. The summed E-state index contributed by atoms with van der Waals surface area (Å²) in [7, 11) is 3.22. The van der Waals surface area contributed by atoms with Crippen LogP contribution in [0.4, 0.5) is 0 Å². The molecule has 1 atom stereocenters. The van der Waals surface area contributed by atoms with E-state index >= 15 is 0 Å². The lowest BCUT2D eigenvalue weighted by Gasteiger charge is -2.25. The Balaban J connectivity index is 2.10. The van der Waals surface area contributed by atoms with Crippen molar-refractivity contribution in [1.82, 2.24) is 4.98 Å². The highest BCUT2D eigenvalue weighted by molar-refractivity contribution is 5.48. The van der Waals surface area contributed by atoms with Gasteiger partial charge in [-0.1, -0.05) is 6.07 Å². The Morgan fingerprint density at radius 3 is 2.65 bits per heavy atom. The third-order valence-corrected chi connectivity index (χ3v) is 3.95. The predicted octanol–water partition coefficient (Wildman–Crippen LogP) is 2.28. The van der Waals surface area contributed by atoms with Gasteiger partial charge in [0.1, 0.15) is 17.1 Å². The molecule has 0 bridgehead atoms. The number of fused-ring (bicyclic) bond motifs is 1. The molecule has 0 saturated heterocycles. The Morgan fingerprint density at radius 1 is 1.10 bits per heavy atom. The van der Waals surface area contributed by atoms with Crippen LogP contribution in [0.3, 0.4) is 0 Å². The van der Waals surface area contributed by atoms with Gasteiger partial charge in [-0.15, -0.1) is 0 Å². The predicted molar refractivity (Wildman–Crippen MR) is 75.1 cm³/mol. The lowest BCUT2D eigenvalue weighted by atomic mass is 9.89. The Kier molecular flexibility index (Phi) is 3.10. The topological polar surface area (TPSA) is 51.6 Å². The number of hydrogen-bond acceptors (Lipinski definition) is 4. The molecule has 20 heavy (non-hydrogen) atoms. The average molecular weight is 271 g/mol. The van der Waals surface area contributed by atoms with E-state index in [-0.39, 0.29) is 0 Å². The van der Waals surface area contributed by atoms with Crippen molar-refractivity contribution in [1.29, 1.82) is 0 Å². The monoisotopic (exact) mass is 271 g/mol. The minimum Gasteiger partial charge on any atom is -0.497 e. The zero-order valence-electron chi connectivity index (χ0n) is 11.6. The fourth-order valence-electron chi connectivity index (χ4n) is 2.79. The van der Waals surface area contributed by atoms with E-state index in [2.05, 4.69) is 4.98 Å². The molecule has 4 heteroatoms. The molecular formula is C16H17NO3. The van der Waals surface area contributed by atoms with E-state index in [9.17, 15) is 5.11 Å². The van der Waals surface area contributed by atoms with Crippen LogP contribution in [0.25, 0.3) is 0 Å². The minimum absolute atomic E-state index is 0.643. The van der Waals surface area contributed by atoms with Gasteiger partial charge in [0, 0.05) is 11.8 Å². The summed E-state index contributed by atoms with van der Waals surface area (Å²) in [5.74, 6) is 1.40. The van der Waals surface area contributed by atoms with E-state index in [1.807, 2.05) is 24.3 Å². The number of pyridine rings is 1. The number of aliphatic hydroxyl groups is 1. The number of hydrogen-bond donors (Lipinski definition) is 1. The second-order valence-corrected chi connectivity index (χ2v) is 5.00. The first-order valence-electron chi connectivity index (χ1n) is 6.56. The van der Waals surface area contributed by atoms with Gasteiger partial charge in [0.2, 0.25) is 0 Å². The maximum Gasteiger partial charge on any atom is 0.137 e. The van der Waals surface area contributed by atoms with E-state index in [1.54, 1.807) is 26.6 Å². The van der Waals surface area contributed by atoms with Crippen LogP contribution in [0.5, 0.6) is 11.5 Å². The molecule has 1 heterocycles. The second kappa shape index (κ2) is 4.80. The fraction of sp³-hybridized carbons (Fsp3) is 0.312. The maximum absolute atomic E-state index is 11.1. The molecule has 0 radical (unpaired) electrons. The molecule has 0 amide bonds. The number of nitrogens with zero attached hydrogens (tertiary/aromatic N) is 1. The van der Waals surface area contributed by atoms with Crippen molar-refractivity contribution < 1.29 is 14.6 Å². The molecule has 1 N–H and O–H groups in total. The van der Waals surface area contributed by atoms with Gasteiger partial charge in [-0.05, 0) is 42.2 Å². The van der Waals surface area contributed by atoms with Crippen molar-refractivity contribution in [3.8, 4) is 11.5 Å². The summed E-state index contributed by atoms with van der Waals surface area (Å²) < 4.78 is 10.5. The fourth-order valence-corrected chi connectivity index (χ4v) is 2.79. The highest BCUT2D eigenvalue weighted by Crippen LogP contribution is 2.43. The molecule has 104 valence electrons. The van der Waals surface area contributed by atoms with Crippen LogP contribution in [-0.2, 0) is 12.0 Å². The number of rotatable bonds is 3. The first-order valence-corrected chi connectivity index (χ1v) is 6.56. The summed E-state index contributed by atoms with van der Waals surface area (Å²) in [4.78, 5) is 4.14. The lowest BCUT2D eigenvalue weighted by molar-refractivity contribution is 0.0821. The number of aryl methyl sites for hydroxylation is 1. The molecule has 1 unspecified atom stereocenters. The summed E-state index contributed by atoms with van der Waals surface area (Å²) in [6.45, 7) is 0. The molecule has 1 aromatic carbocycles. The van der Waals surface area contributed by atoms with E-state index in [1.165, 1.54) is 0 Å². The molecule has 2 aromatic rings. The van der Waals surface area contributed by atoms with Crippen molar-refractivity contribution >= 4 is 0 Å². The lowest BCUT2D eigenvalue weighted by Crippen LogP contribution is -2.24. The normalized spacial score (nSPS) is 20.6. The van der Waals surface area contributed by atoms with Gasteiger partial charge in [-0.25, -0.2) is 0 Å². The Labute approximate surface area is 118 Å². The van der Waals surface area contributed by atoms with Gasteiger partial charge in [0.15, 0.2) is 0 Å². The van der Waals surface area contributed by atoms with Gasteiger partial charge in [0.05, 0.1) is 20.4 Å². The molecule has 1 aliphatic carbocycles. The van der Waals surface area contributed by atoms with Crippen molar-refractivity contribution in [3.05, 3.63) is 53.3 Å². The Hall–Kier alpha value is -2.07. The SMILES string of the molecule is COc1cncc(C2(O)CCc3ccc(OC)cc32)c1. The van der Waals surface area contributed by atoms with Crippen LogP contribution in [0.2, 0.25) is 0 Å². The van der Waals surface area contributed by atoms with Crippen molar-refractivity contribution in [3.63, 3.8) is 0 Å². The number of ether oxygens (including phenoxy) is 2.